The Morgan fingerprint density at radius 3 is 2.62 bits per heavy atom. The highest BCUT2D eigenvalue weighted by molar-refractivity contribution is 6.03. The second kappa shape index (κ2) is 9.55. The first-order valence-electron chi connectivity index (χ1n) is 11.0. The molecule has 0 bridgehead atoms. The molecule has 1 aromatic heterocycles. The van der Waals surface area contributed by atoms with Crippen LogP contribution in [0, 0.1) is 0 Å². The smallest absolute Gasteiger partial charge is 0.336 e. The van der Waals surface area contributed by atoms with Crippen LogP contribution in [0.5, 0.6) is 0 Å². The normalized spacial score (nSPS) is 19.4. The lowest BCUT2D eigenvalue weighted by molar-refractivity contribution is 0.0699. The molecule has 0 unspecified atom stereocenters. The number of benzene rings is 1. The molecule has 0 radical (unpaired) electrons. The molecule has 156 valence electrons. The maximum Gasteiger partial charge on any atom is 0.336 e. The van der Waals surface area contributed by atoms with E-state index in [1.54, 1.807) is 6.07 Å². The van der Waals surface area contributed by atoms with Crippen LogP contribution in [0.25, 0.3) is 10.9 Å². The molecule has 4 rings (SSSR count). The Morgan fingerprint density at radius 2 is 1.86 bits per heavy atom. The van der Waals surface area contributed by atoms with Crippen LogP contribution in [0.15, 0.2) is 30.3 Å². The SMILES string of the molecule is O=C(O)c1cc(NCCCN2CCN(C3CCCCC3)CC2)nc2ccccc12. The van der Waals surface area contributed by atoms with Gasteiger partial charge in [-0.3, -0.25) is 4.90 Å². The standard InChI is InChI=1S/C23H32N4O2/c28-23(29)20-17-22(25-21-10-5-4-9-19(20)21)24-11-6-12-26-13-15-27(16-14-26)18-7-2-1-3-8-18/h4-5,9-10,17-18H,1-3,6-8,11-16H2,(H,24,25)(H,28,29). The number of nitrogens with zero attached hydrogens (tertiary/aromatic N) is 3. The van der Waals surface area contributed by atoms with Crippen molar-refractivity contribution in [1.82, 2.24) is 14.8 Å². The van der Waals surface area contributed by atoms with Crippen LogP contribution in [0.2, 0.25) is 0 Å². The van der Waals surface area contributed by atoms with E-state index in [9.17, 15) is 9.90 Å². The van der Waals surface area contributed by atoms with Crippen molar-refractivity contribution in [3.8, 4) is 0 Å². The van der Waals surface area contributed by atoms with Crippen LogP contribution in [-0.2, 0) is 0 Å². The Hall–Kier alpha value is -2.18. The fraction of sp³-hybridized carbons (Fsp3) is 0.565. The molecule has 2 heterocycles. The van der Waals surface area contributed by atoms with Crippen molar-refractivity contribution >= 4 is 22.7 Å². The lowest BCUT2D eigenvalue weighted by atomic mass is 9.94. The molecule has 0 atom stereocenters. The first-order chi connectivity index (χ1) is 14.2. The molecule has 1 aliphatic carbocycles. The van der Waals surface area contributed by atoms with E-state index in [4.69, 9.17) is 0 Å². The molecule has 1 aliphatic heterocycles. The van der Waals surface area contributed by atoms with Gasteiger partial charge in [-0.15, -0.1) is 0 Å². The summed E-state index contributed by atoms with van der Waals surface area (Å²) in [5.41, 5.74) is 1.02. The third-order valence-corrected chi connectivity index (χ3v) is 6.40. The maximum absolute atomic E-state index is 11.6. The van der Waals surface area contributed by atoms with E-state index in [1.807, 2.05) is 24.3 Å². The number of nitrogens with one attached hydrogen (secondary N) is 1. The number of carboxylic acid groups (broad SMARTS) is 1. The minimum Gasteiger partial charge on any atom is -0.478 e. The molecule has 2 aromatic rings. The average Bonchev–Trinajstić information content (AvgIpc) is 2.77. The van der Waals surface area contributed by atoms with Gasteiger partial charge in [0.15, 0.2) is 0 Å². The quantitative estimate of drug-likeness (QED) is 0.696. The highest BCUT2D eigenvalue weighted by Gasteiger charge is 2.24. The van der Waals surface area contributed by atoms with Crippen molar-refractivity contribution in [3.05, 3.63) is 35.9 Å². The van der Waals surface area contributed by atoms with Gasteiger partial charge in [-0.05, 0) is 37.9 Å². The Labute approximate surface area is 172 Å². The van der Waals surface area contributed by atoms with E-state index >= 15 is 0 Å². The molecule has 1 saturated carbocycles. The Bertz CT molecular complexity index is 827. The minimum atomic E-state index is -0.914. The molecular weight excluding hydrogens is 364 g/mol. The number of pyridine rings is 1. The van der Waals surface area contributed by atoms with Crippen LogP contribution in [0.1, 0.15) is 48.9 Å². The van der Waals surface area contributed by atoms with Gasteiger partial charge in [-0.25, -0.2) is 9.78 Å². The molecule has 29 heavy (non-hydrogen) atoms. The number of carboxylic acids is 1. The molecule has 2 N–H and O–H groups in total. The highest BCUT2D eigenvalue weighted by Crippen LogP contribution is 2.24. The molecule has 2 fully saturated rings. The fourth-order valence-corrected chi connectivity index (χ4v) is 4.76. The lowest BCUT2D eigenvalue weighted by Crippen LogP contribution is -2.51. The van der Waals surface area contributed by atoms with Crippen molar-refractivity contribution in [1.29, 1.82) is 0 Å². The number of rotatable bonds is 7. The number of para-hydroxylation sites is 1. The average molecular weight is 397 g/mol. The third kappa shape index (κ3) is 5.06. The van der Waals surface area contributed by atoms with Gasteiger partial charge >= 0.3 is 5.97 Å². The van der Waals surface area contributed by atoms with Gasteiger partial charge in [0, 0.05) is 44.2 Å². The minimum absolute atomic E-state index is 0.303. The summed E-state index contributed by atoms with van der Waals surface area (Å²) < 4.78 is 0. The van der Waals surface area contributed by atoms with Gasteiger partial charge in [0.1, 0.15) is 5.82 Å². The van der Waals surface area contributed by atoms with Crippen molar-refractivity contribution in [2.75, 3.05) is 44.6 Å². The zero-order valence-corrected chi connectivity index (χ0v) is 17.1. The number of hydrogen-bond acceptors (Lipinski definition) is 5. The van der Waals surface area contributed by atoms with Crippen molar-refractivity contribution in [3.63, 3.8) is 0 Å². The predicted octanol–water partition coefficient (Wildman–Crippen LogP) is 3.69. The second-order valence-corrected chi connectivity index (χ2v) is 8.33. The van der Waals surface area contributed by atoms with E-state index in [2.05, 4.69) is 20.1 Å². The van der Waals surface area contributed by atoms with E-state index in [-0.39, 0.29) is 0 Å². The largest absolute Gasteiger partial charge is 0.478 e. The molecular formula is C23H32N4O2. The number of carbonyl (C=O) groups is 1. The number of piperazine rings is 1. The number of aromatic carboxylic acids is 1. The highest BCUT2D eigenvalue weighted by atomic mass is 16.4. The van der Waals surface area contributed by atoms with Gasteiger partial charge in [-0.1, -0.05) is 37.5 Å². The topological polar surface area (TPSA) is 68.7 Å². The van der Waals surface area contributed by atoms with Gasteiger partial charge in [0.05, 0.1) is 11.1 Å². The zero-order valence-electron chi connectivity index (χ0n) is 17.1. The summed E-state index contributed by atoms with van der Waals surface area (Å²) in [6, 6.07) is 9.87. The summed E-state index contributed by atoms with van der Waals surface area (Å²) in [7, 11) is 0. The first-order valence-corrected chi connectivity index (χ1v) is 11.0. The van der Waals surface area contributed by atoms with Crippen LogP contribution in [-0.4, -0.2) is 71.2 Å². The van der Waals surface area contributed by atoms with Crippen molar-refractivity contribution < 1.29 is 9.90 Å². The lowest BCUT2D eigenvalue weighted by Gasteiger charge is -2.40. The van der Waals surface area contributed by atoms with Crippen LogP contribution in [0.3, 0.4) is 0 Å². The molecule has 6 nitrogen and oxygen atoms in total. The number of fused-ring (bicyclic) bond motifs is 1. The zero-order chi connectivity index (χ0) is 20.1. The Balaban J connectivity index is 1.23. The Kier molecular flexibility index (Phi) is 6.62. The monoisotopic (exact) mass is 396 g/mol. The summed E-state index contributed by atoms with van der Waals surface area (Å²) >= 11 is 0. The maximum atomic E-state index is 11.6. The predicted molar refractivity (Wildman–Crippen MR) is 117 cm³/mol. The van der Waals surface area contributed by atoms with Crippen molar-refractivity contribution in [2.45, 2.75) is 44.6 Å². The number of hydrogen-bond donors (Lipinski definition) is 2. The fourth-order valence-electron chi connectivity index (χ4n) is 4.76. The van der Waals surface area contributed by atoms with E-state index in [1.165, 1.54) is 45.2 Å². The summed E-state index contributed by atoms with van der Waals surface area (Å²) in [4.78, 5) is 21.4. The molecule has 6 heteroatoms. The van der Waals surface area contributed by atoms with Gasteiger partial charge < -0.3 is 15.3 Å². The van der Waals surface area contributed by atoms with Crippen LogP contribution in [0.4, 0.5) is 5.82 Å². The van der Waals surface area contributed by atoms with Gasteiger partial charge in [-0.2, -0.15) is 0 Å². The van der Waals surface area contributed by atoms with E-state index in [0.717, 1.165) is 38.6 Å². The summed E-state index contributed by atoms with van der Waals surface area (Å²) in [6.07, 6.45) is 8.04. The summed E-state index contributed by atoms with van der Waals surface area (Å²) in [5, 5.41) is 13.5. The van der Waals surface area contributed by atoms with Crippen LogP contribution >= 0.6 is 0 Å². The third-order valence-electron chi connectivity index (χ3n) is 6.40. The van der Waals surface area contributed by atoms with Gasteiger partial charge in [0.25, 0.3) is 0 Å². The summed E-state index contributed by atoms with van der Waals surface area (Å²) in [6.45, 7) is 6.60. The van der Waals surface area contributed by atoms with Gasteiger partial charge in [0.2, 0.25) is 0 Å². The molecule has 0 spiro atoms. The van der Waals surface area contributed by atoms with Crippen LogP contribution < -0.4 is 5.32 Å². The van der Waals surface area contributed by atoms with E-state index < -0.39 is 5.97 Å². The van der Waals surface area contributed by atoms with E-state index in [0.29, 0.717) is 22.3 Å². The van der Waals surface area contributed by atoms with Crippen molar-refractivity contribution in [2.24, 2.45) is 0 Å². The molecule has 0 amide bonds. The molecule has 2 aliphatic rings. The first kappa shape index (κ1) is 20.1. The number of anilines is 1. The molecule has 1 saturated heterocycles. The Morgan fingerprint density at radius 1 is 1.10 bits per heavy atom. The second-order valence-electron chi connectivity index (χ2n) is 8.33. The molecule has 1 aromatic carbocycles. The number of aromatic nitrogens is 1. The summed E-state index contributed by atoms with van der Waals surface area (Å²) in [5.74, 6) is -0.272.